The van der Waals surface area contributed by atoms with E-state index in [2.05, 4.69) is 15.5 Å². The molecule has 2 N–H and O–H groups in total. The van der Waals surface area contributed by atoms with Crippen molar-refractivity contribution >= 4 is 17.5 Å². The molecule has 2 aliphatic heterocycles. The lowest BCUT2D eigenvalue weighted by Gasteiger charge is -2.45. The molecule has 0 saturated carbocycles. The van der Waals surface area contributed by atoms with Gasteiger partial charge in [-0.05, 0) is 99.3 Å². The molecule has 2 aromatic rings. The summed E-state index contributed by atoms with van der Waals surface area (Å²) in [4.78, 5) is 44.0. The Morgan fingerprint density at radius 3 is 2.47 bits per heavy atom. The largest absolute Gasteiger partial charge is 0.493 e. The van der Waals surface area contributed by atoms with Crippen LogP contribution < -0.4 is 30.3 Å². The van der Waals surface area contributed by atoms with Gasteiger partial charge in [0.2, 0.25) is 23.0 Å². The molecule has 2 fully saturated rings. The van der Waals surface area contributed by atoms with Crippen LogP contribution in [0, 0.1) is 5.92 Å². The van der Waals surface area contributed by atoms with Crippen molar-refractivity contribution in [1.82, 2.24) is 15.1 Å². The monoisotopic (exact) mass is 620 g/mol. The average Bonchev–Trinajstić information content (AvgIpc) is 3.28. The van der Waals surface area contributed by atoms with Crippen molar-refractivity contribution in [2.24, 2.45) is 5.92 Å². The number of piperidine rings is 2. The smallest absolute Gasteiger partial charge is 0.244 e. The summed E-state index contributed by atoms with van der Waals surface area (Å²) in [6, 6.07) is 6.64. The SMILES string of the molecule is COc1cc2c(c(OC)c1OC)-c1ccc(NC(C)C(=O)N(C)CC3CCCN4CCCCC34)c(=O)cc1C(NC(C)=O)CC2. The zero-order chi connectivity index (χ0) is 32.2. The van der Waals surface area contributed by atoms with Crippen molar-refractivity contribution in [1.29, 1.82) is 0 Å². The van der Waals surface area contributed by atoms with Gasteiger partial charge in [0.25, 0.3) is 0 Å². The summed E-state index contributed by atoms with van der Waals surface area (Å²) >= 11 is 0. The first-order chi connectivity index (χ1) is 21.7. The molecule has 5 rings (SSSR count). The third-order valence-corrected chi connectivity index (χ3v) is 9.77. The van der Waals surface area contributed by atoms with Gasteiger partial charge in [-0.2, -0.15) is 0 Å². The van der Waals surface area contributed by atoms with Crippen LogP contribution in [-0.2, 0) is 16.0 Å². The van der Waals surface area contributed by atoms with Crippen molar-refractivity contribution in [2.75, 3.05) is 53.3 Å². The Bertz CT molecular complexity index is 1480. The molecule has 0 spiro atoms. The maximum Gasteiger partial charge on any atom is 0.244 e. The molecule has 45 heavy (non-hydrogen) atoms. The lowest BCUT2D eigenvalue weighted by molar-refractivity contribution is -0.131. The number of nitrogens with zero attached hydrogens (tertiary/aromatic N) is 2. The van der Waals surface area contributed by atoms with Crippen molar-refractivity contribution in [3.8, 4) is 28.4 Å². The highest BCUT2D eigenvalue weighted by atomic mass is 16.5. The van der Waals surface area contributed by atoms with Gasteiger partial charge in [0, 0.05) is 32.1 Å². The molecule has 2 saturated heterocycles. The van der Waals surface area contributed by atoms with Crippen LogP contribution >= 0.6 is 0 Å². The molecule has 2 aromatic carbocycles. The van der Waals surface area contributed by atoms with Crippen LogP contribution in [0.1, 0.15) is 69.5 Å². The molecule has 3 aliphatic rings. The topological polar surface area (TPSA) is 109 Å². The Morgan fingerprint density at radius 1 is 1.00 bits per heavy atom. The number of carbonyl (C=O) groups is 2. The number of hydrogen-bond donors (Lipinski definition) is 2. The zero-order valence-electron chi connectivity index (χ0n) is 27.5. The molecule has 4 unspecified atom stereocenters. The Kier molecular flexibility index (Phi) is 10.2. The predicted molar refractivity (Wildman–Crippen MR) is 175 cm³/mol. The van der Waals surface area contributed by atoms with Gasteiger partial charge >= 0.3 is 0 Å². The minimum absolute atomic E-state index is 0.0460. The number of methoxy groups -OCH3 is 3. The molecule has 0 aromatic heterocycles. The van der Waals surface area contributed by atoms with E-state index in [0.29, 0.717) is 59.8 Å². The minimum atomic E-state index is -0.603. The maximum absolute atomic E-state index is 13.7. The Hall–Kier alpha value is -3.79. The third kappa shape index (κ3) is 6.76. The number of benzene rings is 1. The molecule has 244 valence electrons. The molecular formula is C35H48N4O6. The summed E-state index contributed by atoms with van der Waals surface area (Å²) in [6.07, 6.45) is 7.23. The van der Waals surface area contributed by atoms with Crippen LogP contribution in [0.15, 0.2) is 29.1 Å². The lowest BCUT2D eigenvalue weighted by Crippen LogP contribution is -2.52. The first kappa shape index (κ1) is 32.6. The van der Waals surface area contributed by atoms with E-state index in [4.69, 9.17) is 14.2 Å². The van der Waals surface area contributed by atoms with Crippen LogP contribution in [0.5, 0.6) is 17.2 Å². The summed E-state index contributed by atoms with van der Waals surface area (Å²) in [5, 5.41) is 6.25. The van der Waals surface area contributed by atoms with Crippen molar-refractivity contribution in [3.63, 3.8) is 0 Å². The number of likely N-dealkylation sites (N-methyl/N-ethyl adjacent to an activating group) is 1. The minimum Gasteiger partial charge on any atom is -0.493 e. The van der Waals surface area contributed by atoms with Crippen LogP contribution in [0.4, 0.5) is 5.69 Å². The Labute approximate surface area is 266 Å². The highest BCUT2D eigenvalue weighted by Gasteiger charge is 2.35. The number of ether oxygens (including phenoxy) is 3. The third-order valence-electron chi connectivity index (χ3n) is 9.77. The fourth-order valence-electron chi connectivity index (χ4n) is 7.68. The fraction of sp³-hybridized carbons (Fsp3) is 0.571. The molecular weight excluding hydrogens is 572 g/mol. The standard InChI is InChI=1S/C35H48N4O6/c1-21(35(42)38(3)20-24-10-9-17-39-16-8-7-11-29(24)39)36-28-15-13-25-26(19-30(28)41)27(37-22(2)40)14-12-23-18-31(43-4)33(44-5)34(45-6)32(23)25/h13,15,18-19,21,24,27,29H,7-12,14,16-17,20H2,1-6H3,(H,36,41)(H,37,40). The molecule has 10 nitrogen and oxygen atoms in total. The van der Waals surface area contributed by atoms with E-state index in [0.717, 1.165) is 36.2 Å². The second-order valence-corrected chi connectivity index (χ2v) is 12.7. The number of hydrogen-bond acceptors (Lipinski definition) is 8. The lowest BCUT2D eigenvalue weighted by atomic mass is 9.83. The van der Waals surface area contributed by atoms with Crippen LogP contribution in [0.3, 0.4) is 0 Å². The number of amides is 2. The molecule has 2 amide bonds. The Balaban J connectivity index is 1.46. The second-order valence-electron chi connectivity index (χ2n) is 12.7. The molecule has 1 aliphatic carbocycles. The summed E-state index contributed by atoms with van der Waals surface area (Å²) in [5.41, 5.74) is 3.22. The summed E-state index contributed by atoms with van der Waals surface area (Å²) in [5.74, 6) is 1.72. The number of carbonyl (C=O) groups excluding carboxylic acids is 2. The van der Waals surface area contributed by atoms with Gasteiger partial charge in [0.15, 0.2) is 11.5 Å². The van der Waals surface area contributed by atoms with E-state index < -0.39 is 12.1 Å². The summed E-state index contributed by atoms with van der Waals surface area (Å²) < 4.78 is 17.2. The van der Waals surface area contributed by atoms with Crippen LogP contribution in [-0.4, -0.2) is 81.7 Å². The van der Waals surface area contributed by atoms with E-state index in [-0.39, 0.29) is 17.2 Å². The van der Waals surface area contributed by atoms with E-state index in [1.54, 1.807) is 40.4 Å². The predicted octanol–water partition coefficient (Wildman–Crippen LogP) is 4.39. The summed E-state index contributed by atoms with van der Waals surface area (Å²) in [6.45, 7) is 6.32. The summed E-state index contributed by atoms with van der Waals surface area (Å²) in [7, 11) is 6.58. The van der Waals surface area contributed by atoms with E-state index >= 15 is 0 Å². The quantitative estimate of drug-likeness (QED) is 0.425. The molecule has 10 heteroatoms. The van der Waals surface area contributed by atoms with E-state index in [1.165, 1.54) is 32.6 Å². The fourth-order valence-corrected chi connectivity index (χ4v) is 7.68. The number of rotatable bonds is 9. The van der Waals surface area contributed by atoms with Crippen LogP contribution in [0.25, 0.3) is 11.1 Å². The van der Waals surface area contributed by atoms with Gasteiger partial charge in [-0.1, -0.05) is 12.5 Å². The zero-order valence-corrected chi connectivity index (χ0v) is 27.5. The number of anilines is 1. The van der Waals surface area contributed by atoms with Gasteiger partial charge in [-0.15, -0.1) is 0 Å². The maximum atomic E-state index is 13.7. The first-order valence-corrected chi connectivity index (χ1v) is 16.2. The molecule has 4 atom stereocenters. The highest BCUT2D eigenvalue weighted by Crippen LogP contribution is 2.50. The number of aryl methyl sites for hydroxylation is 1. The first-order valence-electron chi connectivity index (χ1n) is 16.2. The van der Waals surface area contributed by atoms with E-state index in [1.807, 2.05) is 24.1 Å². The van der Waals surface area contributed by atoms with Gasteiger partial charge in [0.1, 0.15) is 6.04 Å². The van der Waals surface area contributed by atoms with Crippen molar-refractivity contribution in [2.45, 2.75) is 76.9 Å². The van der Waals surface area contributed by atoms with Gasteiger partial charge < -0.3 is 34.6 Å². The second kappa shape index (κ2) is 14.1. The molecule has 2 heterocycles. The average molecular weight is 621 g/mol. The highest BCUT2D eigenvalue weighted by molar-refractivity contribution is 5.85. The van der Waals surface area contributed by atoms with Gasteiger partial charge in [-0.25, -0.2) is 0 Å². The van der Waals surface area contributed by atoms with E-state index in [9.17, 15) is 14.4 Å². The normalized spacial score (nSPS) is 21.6. The number of fused-ring (bicyclic) bond motifs is 4. The van der Waals surface area contributed by atoms with Gasteiger partial charge in [-0.3, -0.25) is 14.4 Å². The van der Waals surface area contributed by atoms with Gasteiger partial charge in [0.05, 0.1) is 33.1 Å². The molecule has 0 bridgehead atoms. The number of nitrogens with one attached hydrogen (secondary N) is 2. The van der Waals surface area contributed by atoms with Crippen molar-refractivity contribution in [3.05, 3.63) is 45.6 Å². The van der Waals surface area contributed by atoms with Crippen molar-refractivity contribution < 1.29 is 23.8 Å². The molecule has 0 radical (unpaired) electrons. The Morgan fingerprint density at radius 2 is 1.76 bits per heavy atom. The van der Waals surface area contributed by atoms with Crippen LogP contribution in [0.2, 0.25) is 0 Å².